The van der Waals surface area contributed by atoms with Crippen LogP contribution in [0.2, 0.25) is 0 Å². The first-order valence-electron chi connectivity index (χ1n) is 7.29. The molecule has 16 heavy (non-hydrogen) atoms. The van der Waals surface area contributed by atoms with Gasteiger partial charge in [0.15, 0.2) is 0 Å². The molecular weight excluding hydrogens is 196 g/mol. The number of hydrogen-bond acceptors (Lipinski definition) is 2. The van der Waals surface area contributed by atoms with Crippen LogP contribution in [0.1, 0.15) is 46.0 Å². The van der Waals surface area contributed by atoms with E-state index in [9.17, 15) is 0 Å². The second-order valence-corrected chi connectivity index (χ2v) is 5.60. The van der Waals surface area contributed by atoms with Crippen molar-refractivity contribution in [1.82, 2.24) is 10.2 Å². The third-order valence-corrected chi connectivity index (χ3v) is 4.39. The van der Waals surface area contributed by atoms with Crippen molar-refractivity contribution in [2.24, 2.45) is 11.8 Å². The minimum absolute atomic E-state index is 0.917. The Labute approximate surface area is 101 Å². The summed E-state index contributed by atoms with van der Waals surface area (Å²) in [7, 11) is 0. The summed E-state index contributed by atoms with van der Waals surface area (Å²) in [6.07, 6.45) is 7.18. The summed E-state index contributed by atoms with van der Waals surface area (Å²) in [4.78, 5) is 2.78. The molecule has 2 heteroatoms. The minimum atomic E-state index is 0.917. The Morgan fingerprint density at radius 1 is 1.12 bits per heavy atom. The molecule has 0 spiro atoms. The lowest BCUT2D eigenvalue weighted by molar-refractivity contribution is 0.115. The Morgan fingerprint density at radius 3 is 2.31 bits per heavy atom. The van der Waals surface area contributed by atoms with Gasteiger partial charge in [-0.05, 0) is 70.1 Å². The van der Waals surface area contributed by atoms with Crippen molar-refractivity contribution in [1.29, 1.82) is 0 Å². The molecule has 0 aromatic carbocycles. The second kappa shape index (κ2) is 6.02. The van der Waals surface area contributed by atoms with Gasteiger partial charge in [0.05, 0.1) is 0 Å². The number of nitrogens with zero attached hydrogens (tertiary/aromatic N) is 1. The Morgan fingerprint density at radius 2 is 1.81 bits per heavy atom. The van der Waals surface area contributed by atoms with E-state index in [1.165, 1.54) is 51.7 Å². The number of nitrogens with one attached hydrogen (secondary N) is 1. The first kappa shape index (κ1) is 12.4. The van der Waals surface area contributed by atoms with Gasteiger partial charge in [-0.2, -0.15) is 0 Å². The zero-order chi connectivity index (χ0) is 11.4. The van der Waals surface area contributed by atoms with Crippen molar-refractivity contribution >= 4 is 0 Å². The topological polar surface area (TPSA) is 15.3 Å². The van der Waals surface area contributed by atoms with Crippen LogP contribution in [0.5, 0.6) is 0 Å². The monoisotopic (exact) mass is 224 g/mol. The Kier molecular flexibility index (Phi) is 4.66. The molecule has 1 saturated carbocycles. The van der Waals surface area contributed by atoms with Gasteiger partial charge in [-0.25, -0.2) is 0 Å². The quantitative estimate of drug-likeness (QED) is 0.746. The van der Waals surface area contributed by atoms with Crippen LogP contribution in [0.15, 0.2) is 0 Å². The van der Waals surface area contributed by atoms with Crippen LogP contribution in [0, 0.1) is 11.8 Å². The predicted octanol–water partition coefficient (Wildman–Crippen LogP) is 2.50. The lowest BCUT2D eigenvalue weighted by atomic mass is 9.94. The fourth-order valence-electron chi connectivity index (χ4n) is 3.21. The fourth-order valence-corrected chi connectivity index (χ4v) is 3.21. The lowest BCUT2D eigenvalue weighted by Gasteiger charge is -2.37. The number of hydrogen-bond donors (Lipinski definition) is 1. The maximum atomic E-state index is 3.49. The Hall–Kier alpha value is -0.0800. The van der Waals surface area contributed by atoms with Crippen molar-refractivity contribution in [2.75, 3.05) is 26.2 Å². The predicted molar refractivity (Wildman–Crippen MR) is 69.6 cm³/mol. The maximum absolute atomic E-state index is 3.49. The molecule has 1 heterocycles. The molecule has 0 bridgehead atoms. The second-order valence-electron chi connectivity index (χ2n) is 5.60. The molecule has 0 aromatic rings. The van der Waals surface area contributed by atoms with Gasteiger partial charge in [0.2, 0.25) is 0 Å². The van der Waals surface area contributed by atoms with Crippen LogP contribution in [-0.2, 0) is 0 Å². The van der Waals surface area contributed by atoms with E-state index in [1.54, 1.807) is 0 Å². The summed E-state index contributed by atoms with van der Waals surface area (Å²) >= 11 is 0. The molecule has 1 N–H and O–H groups in total. The van der Waals surface area contributed by atoms with Gasteiger partial charge in [0, 0.05) is 6.04 Å². The first-order valence-corrected chi connectivity index (χ1v) is 7.29. The van der Waals surface area contributed by atoms with Gasteiger partial charge < -0.3 is 10.2 Å². The van der Waals surface area contributed by atoms with Crippen LogP contribution in [0.3, 0.4) is 0 Å². The van der Waals surface area contributed by atoms with Crippen molar-refractivity contribution in [2.45, 2.75) is 52.0 Å². The third kappa shape index (κ3) is 3.21. The molecule has 1 saturated heterocycles. The largest absolute Gasteiger partial charge is 0.317 e. The summed E-state index contributed by atoms with van der Waals surface area (Å²) < 4.78 is 0. The molecule has 1 atom stereocenters. The summed E-state index contributed by atoms with van der Waals surface area (Å²) in [5.41, 5.74) is 0. The molecule has 0 aromatic heterocycles. The van der Waals surface area contributed by atoms with E-state index in [2.05, 4.69) is 24.1 Å². The maximum Gasteiger partial charge on any atom is 0.0121 e. The molecule has 0 radical (unpaired) electrons. The van der Waals surface area contributed by atoms with Crippen LogP contribution >= 0.6 is 0 Å². The summed E-state index contributed by atoms with van der Waals surface area (Å²) in [6.45, 7) is 9.64. The van der Waals surface area contributed by atoms with E-state index >= 15 is 0 Å². The van der Waals surface area contributed by atoms with E-state index in [0.717, 1.165) is 24.4 Å². The van der Waals surface area contributed by atoms with Crippen molar-refractivity contribution < 1.29 is 0 Å². The molecule has 94 valence electrons. The minimum Gasteiger partial charge on any atom is -0.317 e. The summed E-state index contributed by atoms with van der Waals surface area (Å²) in [6, 6.07) is 0.917. The molecular formula is C14H28N2. The zero-order valence-corrected chi connectivity index (χ0v) is 11.0. The van der Waals surface area contributed by atoms with E-state index in [4.69, 9.17) is 0 Å². The van der Waals surface area contributed by atoms with Gasteiger partial charge in [-0.1, -0.05) is 13.8 Å². The molecule has 2 fully saturated rings. The number of rotatable bonds is 6. The molecule has 2 rings (SSSR count). The smallest absolute Gasteiger partial charge is 0.0121 e. The van der Waals surface area contributed by atoms with Crippen LogP contribution < -0.4 is 5.32 Å². The SMILES string of the molecule is CCNCC1CCN(C(CC)C2CC2)CC1. The molecule has 1 unspecified atom stereocenters. The van der Waals surface area contributed by atoms with Crippen LogP contribution in [0.4, 0.5) is 0 Å². The van der Waals surface area contributed by atoms with Crippen LogP contribution in [-0.4, -0.2) is 37.1 Å². The van der Waals surface area contributed by atoms with Gasteiger partial charge in [0.1, 0.15) is 0 Å². The molecule has 2 aliphatic rings. The van der Waals surface area contributed by atoms with Gasteiger partial charge in [-0.15, -0.1) is 0 Å². The average Bonchev–Trinajstić information content (AvgIpc) is 3.13. The molecule has 0 amide bonds. The first-order chi connectivity index (χ1) is 7.85. The lowest BCUT2D eigenvalue weighted by Crippen LogP contribution is -2.43. The highest BCUT2D eigenvalue weighted by Crippen LogP contribution is 2.38. The van der Waals surface area contributed by atoms with Crippen molar-refractivity contribution in [3.8, 4) is 0 Å². The zero-order valence-electron chi connectivity index (χ0n) is 11.0. The number of piperidine rings is 1. The Balaban J connectivity index is 1.71. The third-order valence-electron chi connectivity index (χ3n) is 4.39. The van der Waals surface area contributed by atoms with E-state index in [0.29, 0.717) is 0 Å². The summed E-state index contributed by atoms with van der Waals surface area (Å²) in [5.74, 6) is 1.99. The Bertz CT molecular complexity index is 193. The molecule has 2 nitrogen and oxygen atoms in total. The van der Waals surface area contributed by atoms with Crippen LogP contribution in [0.25, 0.3) is 0 Å². The van der Waals surface area contributed by atoms with E-state index in [1.807, 2.05) is 0 Å². The van der Waals surface area contributed by atoms with E-state index in [-0.39, 0.29) is 0 Å². The number of likely N-dealkylation sites (tertiary alicyclic amines) is 1. The fraction of sp³-hybridized carbons (Fsp3) is 1.00. The van der Waals surface area contributed by atoms with Gasteiger partial charge >= 0.3 is 0 Å². The molecule has 1 aliphatic carbocycles. The van der Waals surface area contributed by atoms with Gasteiger partial charge in [-0.3, -0.25) is 0 Å². The van der Waals surface area contributed by atoms with Crippen molar-refractivity contribution in [3.05, 3.63) is 0 Å². The van der Waals surface area contributed by atoms with E-state index < -0.39 is 0 Å². The molecule has 1 aliphatic heterocycles. The highest BCUT2D eigenvalue weighted by molar-refractivity contribution is 4.89. The summed E-state index contributed by atoms with van der Waals surface area (Å²) in [5, 5.41) is 3.49. The van der Waals surface area contributed by atoms with Crippen molar-refractivity contribution in [3.63, 3.8) is 0 Å². The average molecular weight is 224 g/mol. The van der Waals surface area contributed by atoms with Gasteiger partial charge in [0.25, 0.3) is 0 Å². The normalized spacial score (nSPS) is 25.9. The highest BCUT2D eigenvalue weighted by Gasteiger charge is 2.35. The highest BCUT2D eigenvalue weighted by atomic mass is 15.2. The standard InChI is InChI=1S/C14H28N2/c1-3-14(13-5-6-13)16-9-7-12(8-10-16)11-15-4-2/h12-15H,3-11H2,1-2H3.